The summed E-state index contributed by atoms with van der Waals surface area (Å²) in [6.07, 6.45) is 0.377. The minimum atomic E-state index is -0.147. The van der Waals surface area contributed by atoms with Crippen LogP contribution >= 0.6 is 0 Å². The van der Waals surface area contributed by atoms with E-state index in [1.165, 1.54) is 0 Å². The van der Waals surface area contributed by atoms with Gasteiger partial charge in [-0.3, -0.25) is 4.79 Å². The molecule has 0 saturated carbocycles. The van der Waals surface area contributed by atoms with Crippen LogP contribution in [0.1, 0.15) is 17.1 Å². The van der Waals surface area contributed by atoms with Gasteiger partial charge < -0.3 is 14.8 Å². The van der Waals surface area contributed by atoms with Gasteiger partial charge in [-0.05, 0) is 0 Å². The summed E-state index contributed by atoms with van der Waals surface area (Å²) in [6.45, 7) is 0.733. The molecule has 2 rings (SSSR count). The number of H-pyrrole nitrogens is 1. The zero-order valence-electron chi connectivity index (χ0n) is 7.04. The van der Waals surface area contributed by atoms with Crippen LogP contribution in [0.25, 0.3) is 0 Å². The van der Waals surface area contributed by atoms with E-state index in [1.54, 1.807) is 0 Å². The summed E-state index contributed by atoms with van der Waals surface area (Å²) in [5, 5.41) is 8.67. The Balaban J connectivity index is 2.44. The predicted molar refractivity (Wildman–Crippen MR) is 44.1 cm³/mol. The number of aromatic amines is 1. The molecule has 1 aromatic heterocycles. The van der Waals surface area contributed by atoms with E-state index < -0.39 is 0 Å². The van der Waals surface area contributed by atoms with Gasteiger partial charge in [-0.2, -0.15) is 0 Å². The van der Waals surface area contributed by atoms with Crippen LogP contribution in [-0.4, -0.2) is 21.7 Å². The number of ether oxygens (including phenoxy) is 1. The second kappa shape index (κ2) is 3.27. The van der Waals surface area contributed by atoms with Crippen molar-refractivity contribution in [3.63, 3.8) is 0 Å². The number of rotatable bonds is 2. The van der Waals surface area contributed by atoms with Gasteiger partial charge >= 0.3 is 0 Å². The van der Waals surface area contributed by atoms with Crippen LogP contribution < -0.4 is 5.56 Å². The lowest BCUT2D eigenvalue weighted by Gasteiger charge is -1.99. The third kappa shape index (κ3) is 1.48. The predicted octanol–water partition coefficient (Wildman–Crippen LogP) is -0.665. The van der Waals surface area contributed by atoms with Crippen molar-refractivity contribution in [1.29, 1.82) is 0 Å². The lowest BCUT2D eigenvalue weighted by atomic mass is 10.2. The average Bonchev–Trinajstić information content (AvgIpc) is 2.53. The number of nitrogens with one attached hydrogen (secondary N) is 1. The summed E-state index contributed by atoms with van der Waals surface area (Å²) in [5.74, 6) is 0.525. The standard InChI is InChI=1S/C8H10N2O3/c11-2-1-7-9-6-4-13-3-5(6)8(12)10-7/h11H,1-4H2,(H,9,10,12). The van der Waals surface area contributed by atoms with Crippen molar-refractivity contribution in [3.8, 4) is 0 Å². The maximum absolute atomic E-state index is 11.3. The van der Waals surface area contributed by atoms with E-state index in [1.807, 2.05) is 0 Å². The van der Waals surface area contributed by atoms with Crippen molar-refractivity contribution in [2.75, 3.05) is 6.61 Å². The average molecular weight is 182 g/mol. The molecule has 0 aliphatic carbocycles. The van der Waals surface area contributed by atoms with Crippen LogP contribution in [-0.2, 0) is 24.4 Å². The van der Waals surface area contributed by atoms with E-state index >= 15 is 0 Å². The van der Waals surface area contributed by atoms with Crippen LogP contribution in [0, 0.1) is 0 Å². The minimum absolute atomic E-state index is 0.0113. The van der Waals surface area contributed by atoms with Crippen molar-refractivity contribution in [2.24, 2.45) is 0 Å². The van der Waals surface area contributed by atoms with Crippen molar-refractivity contribution in [3.05, 3.63) is 27.4 Å². The number of fused-ring (bicyclic) bond motifs is 1. The van der Waals surface area contributed by atoms with Crippen molar-refractivity contribution in [1.82, 2.24) is 9.97 Å². The van der Waals surface area contributed by atoms with Gasteiger partial charge in [0, 0.05) is 6.42 Å². The van der Waals surface area contributed by atoms with Crippen molar-refractivity contribution in [2.45, 2.75) is 19.6 Å². The fourth-order valence-corrected chi connectivity index (χ4v) is 1.34. The highest BCUT2D eigenvalue weighted by Crippen LogP contribution is 2.12. The molecule has 1 aliphatic rings. The molecule has 1 aromatic rings. The topological polar surface area (TPSA) is 75.2 Å². The normalized spacial score (nSPS) is 14.5. The second-order valence-electron chi connectivity index (χ2n) is 2.90. The van der Waals surface area contributed by atoms with Gasteiger partial charge in [0.1, 0.15) is 5.82 Å². The Bertz CT molecular complexity index is 372. The SMILES string of the molecule is O=c1[nH]c(CCO)nc2c1COC2. The molecule has 70 valence electrons. The Hall–Kier alpha value is -1.20. The molecule has 0 saturated heterocycles. The molecule has 1 aliphatic heterocycles. The van der Waals surface area contributed by atoms with Crippen molar-refractivity contribution < 1.29 is 9.84 Å². The number of aromatic nitrogens is 2. The number of aliphatic hydroxyl groups is 1. The number of nitrogens with zero attached hydrogens (tertiary/aromatic N) is 1. The summed E-state index contributed by atoms with van der Waals surface area (Å²) in [4.78, 5) is 18.1. The quantitative estimate of drug-likeness (QED) is 0.636. The first-order valence-electron chi connectivity index (χ1n) is 4.11. The van der Waals surface area contributed by atoms with E-state index in [0.717, 1.165) is 0 Å². The zero-order chi connectivity index (χ0) is 9.26. The molecule has 0 amide bonds. The minimum Gasteiger partial charge on any atom is -0.396 e. The Kier molecular flexibility index (Phi) is 2.12. The molecule has 0 radical (unpaired) electrons. The Labute approximate surface area is 74.4 Å². The Morgan fingerprint density at radius 1 is 1.54 bits per heavy atom. The van der Waals surface area contributed by atoms with E-state index in [9.17, 15) is 4.79 Å². The van der Waals surface area contributed by atoms with Gasteiger partial charge in [-0.1, -0.05) is 0 Å². The fraction of sp³-hybridized carbons (Fsp3) is 0.500. The largest absolute Gasteiger partial charge is 0.396 e. The highest BCUT2D eigenvalue weighted by molar-refractivity contribution is 5.19. The third-order valence-corrected chi connectivity index (χ3v) is 1.98. The highest BCUT2D eigenvalue weighted by atomic mass is 16.5. The first-order chi connectivity index (χ1) is 6.31. The van der Waals surface area contributed by atoms with Crippen LogP contribution in [0.2, 0.25) is 0 Å². The first kappa shape index (κ1) is 8.40. The molecule has 0 fully saturated rings. The second-order valence-corrected chi connectivity index (χ2v) is 2.90. The number of aliphatic hydroxyl groups excluding tert-OH is 1. The van der Waals surface area contributed by atoms with Crippen LogP contribution in [0.15, 0.2) is 4.79 Å². The molecule has 0 aromatic carbocycles. The smallest absolute Gasteiger partial charge is 0.256 e. The van der Waals surface area contributed by atoms with Gasteiger partial charge in [0.2, 0.25) is 0 Å². The van der Waals surface area contributed by atoms with E-state index in [-0.39, 0.29) is 12.2 Å². The highest BCUT2D eigenvalue weighted by Gasteiger charge is 2.17. The molecule has 5 nitrogen and oxygen atoms in total. The number of hydrogen-bond donors (Lipinski definition) is 2. The molecule has 2 N–H and O–H groups in total. The van der Waals surface area contributed by atoms with Crippen LogP contribution in [0.4, 0.5) is 0 Å². The fourth-order valence-electron chi connectivity index (χ4n) is 1.34. The molecular formula is C8H10N2O3. The summed E-state index contributed by atoms with van der Waals surface area (Å²) in [7, 11) is 0. The van der Waals surface area contributed by atoms with Crippen LogP contribution in [0.5, 0.6) is 0 Å². The molecule has 13 heavy (non-hydrogen) atoms. The van der Waals surface area contributed by atoms with Gasteiger partial charge in [0.05, 0.1) is 31.1 Å². The van der Waals surface area contributed by atoms with Crippen LogP contribution in [0.3, 0.4) is 0 Å². The summed E-state index contributed by atoms with van der Waals surface area (Å²) in [6, 6.07) is 0. The zero-order valence-corrected chi connectivity index (χ0v) is 7.04. The van der Waals surface area contributed by atoms with Gasteiger partial charge in [0.15, 0.2) is 0 Å². The van der Waals surface area contributed by atoms with E-state index in [0.29, 0.717) is 36.7 Å². The maximum Gasteiger partial charge on any atom is 0.256 e. The lowest BCUT2D eigenvalue weighted by molar-refractivity contribution is 0.132. The molecule has 5 heteroatoms. The lowest BCUT2D eigenvalue weighted by Crippen LogP contribution is -2.17. The molecule has 2 heterocycles. The first-order valence-corrected chi connectivity index (χ1v) is 4.11. The molecule has 0 bridgehead atoms. The summed E-state index contributed by atoms with van der Waals surface area (Å²) >= 11 is 0. The van der Waals surface area contributed by atoms with Gasteiger partial charge in [-0.25, -0.2) is 4.98 Å². The Morgan fingerprint density at radius 2 is 2.38 bits per heavy atom. The molecule has 0 spiro atoms. The Morgan fingerprint density at radius 3 is 3.15 bits per heavy atom. The third-order valence-electron chi connectivity index (χ3n) is 1.98. The molecular weight excluding hydrogens is 172 g/mol. The number of hydrogen-bond acceptors (Lipinski definition) is 4. The van der Waals surface area contributed by atoms with E-state index in [4.69, 9.17) is 9.84 Å². The molecule has 0 unspecified atom stereocenters. The maximum atomic E-state index is 11.3. The van der Waals surface area contributed by atoms with Gasteiger partial charge in [-0.15, -0.1) is 0 Å². The summed E-state index contributed by atoms with van der Waals surface area (Å²) in [5.41, 5.74) is 1.17. The summed E-state index contributed by atoms with van der Waals surface area (Å²) < 4.78 is 5.08. The van der Waals surface area contributed by atoms with E-state index in [2.05, 4.69) is 9.97 Å². The van der Waals surface area contributed by atoms with Crippen molar-refractivity contribution >= 4 is 0 Å². The molecule has 0 atom stereocenters. The van der Waals surface area contributed by atoms with Gasteiger partial charge in [0.25, 0.3) is 5.56 Å². The monoisotopic (exact) mass is 182 g/mol.